The van der Waals surface area contributed by atoms with Crippen molar-refractivity contribution in [3.63, 3.8) is 0 Å². The average molecular weight is 358 g/mol. The lowest BCUT2D eigenvalue weighted by Gasteiger charge is -2.28. The minimum atomic E-state index is -0.0405. The number of hydrogen-bond acceptors (Lipinski definition) is 4. The zero-order valence-electron chi connectivity index (χ0n) is 15.4. The number of fused-ring (bicyclic) bond motifs is 1. The average Bonchev–Trinajstić information content (AvgIpc) is 2.73. The molecule has 27 heavy (non-hydrogen) atoms. The summed E-state index contributed by atoms with van der Waals surface area (Å²) in [6.45, 7) is 2.04. The Morgan fingerprint density at radius 3 is 2.59 bits per heavy atom. The third-order valence-corrected chi connectivity index (χ3v) is 4.88. The summed E-state index contributed by atoms with van der Waals surface area (Å²) in [5.74, 6) is 0.517. The highest BCUT2D eigenvalue weighted by Crippen LogP contribution is 2.20. The van der Waals surface area contributed by atoms with Crippen LogP contribution in [0.2, 0.25) is 0 Å². The summed E-state index contributed by atoms with van der Waals surface area (Å²) < 4.78 is 0. The van der Waals surface area contributed by atoms with Gasteiger partial charge in [0.1, 0.15) is 5.69 Å². The number of nitrogens with zero attached hydrogens (tertiary/aromatic N) is 4. The predicted octanol–water partition coefficient (Wildman–Crippen LogP) is 3.31. The van der Waals surface area contributed by atoms with Crippen molar-refractivity contribution in [3.8, 4) is 0 Å². The number of carbonyl (C=O) groups is 1. The van der Waals surface area contributed by atoms with Gasteiger partial charge in [0, 0.05) is 32.9 Å². The Kier molecular flexibility index (Phi) is 4.83. The molecule has 5 heteroatoms. The van der Waals surface area contributed by atoms with Gasteiger partial charge in [-0.3, -0.25) is 4.79 Å². The lowest BCUT2D eigenvalue weighted by molar-refractivity contribution is 0.0728. The molecule has 0 atom stereocenters. The van der Waals surface area contributed by atoms with Crippen molar-refractivity contribution >= 4 is 11.9 Å². The van der Waals surface area contributed by atoms with Gasteiger partial charge in [0.2, 0.25) is 5.95 Å². The number of amides is 1. The maximum absolute atomic E-state index is 13.0. The number of carbonyl (C=O) groups excluding carboxylic acids is 1. The first kappa shape index (κ1) is 17.2. The Hall–Kier alpha value is -3.21. The zero-order valence-corrected chi connectivity index (χ0v) is 15.4. The summed E-state index contributed by atoms with van der Waals surface area (Å²) >= 11 is 0. The minimum absolute atomic E-state index is 0.0405. The second-order valence-electron chi connectivity index (χ2n) is 6.83. The van der Waals surface area contributed by atoms with E-state index in [1.165, 1.54) is 16.7 Å². The van der Waals surface area contributed by atoms with E-state index in [1.54, 1.807) is 12.3 Å². The van der Waals surface area contributed by atoms with Crippen LogP contribution in [0.3, 0.4) is 0 Å². The Morgan fingerprint density at radius 1 is 1.04 bits per heavy atom. The van der Waals surface area contributed by atoms with Crippen molar-refractivity contribution in [3.05, 3.63) is 89.2 Å². The van der Waals surface area contributed by atoms with E-state index in [4.69, 9.17) is 0 Å². The van der Waals surface area contributed by atoms with Crippen molar-refractivity contribution in [1.29, 1.82) is 0 Å². The van der Waals surface area contributed by atoms with Gasteiger partial charge in [0.25, 0.3) is 5.91 Å². The summed E-state index contributed by atoms with van der Waals surface area (Å²) in [6.07, 6.45) is 2.54. The topological polar surface area (TPSA) is 49.3 Å². The Balaban J connectivity index is 1.50. The summed E-state index contributed by atoms with van der Waals surface area (Å²) in [4.78, 5) is 25.6. The maximum atomic E-state index is 13.0. The van der Waals surface area contributed by atoms with Gasteiger partial charge in [0.05, 0.1) is 0 Å². The van der Waals surface area contributed by atoms with E-state index < -0.39 is 0 Å². The molecular formula is C22H22N4O. The first-order valence-electron chi connectivity index (χ1n) is 9.15. The van der Waals surface area contributed by atoms with Gasteiger partial charge in [-0.1, -0.05) is 54.6 Å². The predicted molar refractivity (Wildman–Crippen MR) is 105 cm³/mol. The van der Waals surface area contributed by atoms with E-state index in [2.05, 4.69) is 40.3 Å². The molecule has 1 amide bonds. The molecule has 4 rings (SSSR count). The van der Waals surface area contributed by atoms with Crippen LogP contribution in [0.25, 0.3) is 0 Å². The van der Waals surface area contributed by atoms with Gasteiger partial charge in [0.15, 0.2) is 0 Å². The summed E-state index contributed by atoms with van der Waals surface area (Å²) in [6, 6.07) is 20.2. The molecule has 0 aliphatic carbocycles. The van der Waals surface area contributed by atoms with Gasteiger partial charge < -0.3 is 9.80 Å². The van der Waals surface area contributed by atoms with Crippen molar-refractivity contribution in [2.45, 2.75) is 19.5 Å². The Bertz CT molecular complexity index is 942. The molecule has 0 bridgehead atoms. The number of benzene rings is 2. The van der Waals surface area contributed by atoms with E-state index in [9.17, 15) is 4.79 Å². The molecule has 3 aromatic rings. The molecule has 2 heterocycles. The highest BCUT2D eigenvalue weighted by atomic mass is 16.2. The summed E-state index contributed by atoms with van der Waals surface area (Å²) in [7, 11) is 1.94. The van der Waals surface area contributed by atoms with E-state index in [0.717, 1.165) is 13.0 Å². The van der Waals surface area contributed by atoms with Crippen LogP contribution in [-0.2, 0) is 19.5 Å². The second-order valence-corrected chi connectivity index (χ2v) is 6.83. The number of anilines is 1. The highest BCUT2D eigenvalue weighted by molar-refractivity contribution is 5.92. The van der Waals surface area contributed by atoms with Crippen molar-refractivity contribution < 1.29 is 4.79 Å². The van der Waals surface area contributed by atoms with Crippen molar-refractivity contribution in [1.82, 2.24) is 14.9 Å². The van der Waals surface area contributed by atoms with Crippen LogP contribution in [0.5, 0.6) is 0 Å². The van der Waals surface area contributed by atoms with Gasteiger partial charge >= 0.3 is 0 Å². The molecule has 5 nitrogen and oxygen atoms in total. The zero-order chi connectivity index (χ0) is 18.6. The molecule has 0 N–H and O–H groups in total. The summed E-state index contributed by atoms with van der Waals surface area (Å²) in [5.41, 5.74) is 4.16. The first-order chi connectivity index (χ1) is 13.2. The molecule has 0 radical (unpaired) electrons. The van der Waals surface area contributed by atoms with E-state index in [1.807, 2.05) is 41.1 Å². The quantitative estimate of drug-likeness (QED) is 0.718. The molecule has 1 aromatic heterocycles. The fourth-order valence-corrected chi connectivity index (χ4v) is 3.41. The first-order valence-corrected chi connectivity index (χ1v) is 9.15. The molecule has 0 spiro atoms. The van der Waals surface area contributed by atoms with Gasteiger partial charge in [-0.05, 0) is 29.2 Å². The number of hydrogen-bond donors (Lipinski definition) is 0. The van der Waals surface area contributed by atoms with Crippen LogP contribution >= 0.6 is 0 Å². The largest absolute Gasteiger partial charge is 0.340 e. The number of aromatic nitrogens is 2. The Labute approximate surface area is 159 Å². The number of rotatable bonds is 4. The van der Waals surface area contributed by atoms with E-state index >= 15 is 0 Å². The van der Waals surface area contributed by atoms with Crippen LogP contribution in [0, 0.1) is 0 Å². The monoisotopic (exact) mass is 358 g/mol. The highest BCUT2D eigenvalue weighted by Gasteiger charge is 2.23. The summed E-state index contributed by atoms with van der Waals surface area (Å²) in [5, 5.41) is 0. The third kappa shape index (κ3) is 3.82. The molecule has 1 aliphatic rings. The van der Waals surface area contributed by atoms with Crippen molar-refractivity contribution in [2.24, 2.45) is 0 Å². The minimum Gasteiger partial charge on any atom is -0.340 e. The smallest absolute Gasteiger partial charge is 0.272 e. The molecule has 2 aromatic carbocycles. The lowest BCUT2D eigenvalue weighted by atomic mass is 10.00. The fraction of sp³-hybridized carbons (Fsp3) is 0.227. The molecule has 0 unspecified atom stereocenters. The van der Waals surface area contributed by atoms with Crippen LogP contribution in [0.15, 0.2) is 66.9 Å². The Morgan fingerprint density at radius 2 is 1.78 bits per heavy atom. The second kappa shape index (κ2) is 7.58. The van der Waals surface area contributed by atoms with Crippen molar-refractivity contribution in [2.75, 3.05) is 18.5 Å². The van der Waals surface area contributed by atoms with Crippen LogP contribution < -0.4 is 4.90 Å². The van der Waals surface area contributed by atoms with Gasteiger partial charge in [-0.2, -0.15) is 0 Å². The van der Waals surface area contributed by atoms with E-state index in [0.29, 0.717) is 24.7 Å². The van der Waals surface area contributed by atoms with Crippen LogP contribution in [0.1, 0.15) is 27.2 Å². The lowest BCUT2D eigenvalue weighted by Crippen LogP contribution is -2.36. The third-order valence-electron chi connectivity index (χ3n) is 4.88. The molecule has 136 valence electrons. The maximum Gasteiger partial charge on any atom is 0.272 e. The standard InChI is InChI=1S/C22H22N4O/c1-25(15-17-7-3-2-4-8-17)22-23-13-11-20(24-22)21(27)26-14-12-18-9-5-6-10-19(18)16-26/h2-11,13H,12,14-16H2,1H3. The van der Waals surface area contributed by atoms with Crippen LogP contribution in [0.4, 0.5) is 5.95 Å². The molecule has 1 aliphatic heterocycles. The van der Waals surface area contributed by atoms with Gasteiger partial charge in [-0.25, -0.2) is 9.97 Å². The van der Waals surface area contributed by atoms with Gasteiger partial charge in [-0.15, -0.1) is 0 Å². The van der Waals surface area contributed by atoms with E-state index in [-0.39, 0.29) is 5.91 Å². The SMILES string of the molecule is CN(Cc1ccccc1)c1nccc(C(=O)N2CCc3ccccc3C2)n1. The normalized spacial score (nSPS) is 13.1. The molecular weight excluding hydrogens is 336 g/mol. The molecule has 0 saturated carbocycles. The molecule has 0 saturated heterocycles. The van der Waals surface area contributed by atoms with Crippen LogP contribution in [-0.4, -0.2) is 34.4 Å². The molecule has 0 fully saturated rings. The fourth-order valence-electron chi connectivity index (χ4n) is 3.41.